The van der Waals surface area contributed by atoms with Gasteiger partial charge in [0.15, 0.2) is 0 Å². The highest BCUT2D eigenvalue weighted by molar-refractivity contribution is 5.53. The number of nitrogens with one attached hydrogen (secondary N) is 1. The van der Waals surface area contributed by atoms with Crippen molar-refractivity contribution in [2.24, 2.45) is 5.92 Å². The highest BCUT2D eigenvalue weighted by atomic mass is 16.5. The molecule has 1 fully saturated rings. The van der Waals surface area contributed by atoms with Crippen LogP contribution < -0.4 is 0 Å². The highest BCUT2D eigenvalue weighted by Gasteiger charge is 2.11. The molecule has 0 aromatic heterocycles. The van der Waals surface area contributed by atoms with Crippen molar-refractivity contribution < 1.29 is 4.74 Å². The van der Waals surface area contributed by atoms with E-state index >= 15 is 0 Å². The van der Waals surface area contributed by atoms with E-state index in [0.717, 1.165) is 38.4 Å². The van der Waals surface area contributed by atoms with Crippen LogP contribution in [0.4, 0.5) is 0 Å². The molecular weight excluding hydrogens is 114 g/mol. The summed E-state index contributed by atoms with van der Waals surface area (Å²) in [6.07, 6.45) is 4.75. The third-order valence-electron chi connectivity index (χ3n) is 1.79. The molecule has 2 heteroatoms. The fraction of sp³-hybridized carbons (Fsp3) is 0.857. The van der Waals surface area contributed by atoms with E-state index in [9.17, 15) is 0 Å². The molecule has 1 aliphatic rings. The molecule has 0 spiro atoms. The smallest absolute Gasteiger partial charge is 0.0468 e. The van der Waals surface area contributed by atoms with Gasteiger partial charge in [-0.25, -0.2) is 0 Å². The van der Waals surface area contributed by atoms with Gasteiger partial charge in [0.2, 0.25) is 0 Å². The Morgan fingerprint density at radius 3 is 2.67 bits per heavy atom. The van der Waals surface area contributed by atoms with Crippen LogP contribution in [0, 0.1) is 11.3 Å². The molecule has 52 valence electrons. The van der Waals surface area contributed by atoms with Crippen LogP contribution in [0.5, 0.6) is 0 Å². The van der Waals surface area contributed by atoms with E-state index in [4.69, 9.17) is 10.1 Å². The maximum absolute atomic E-state index is 6.87. The minimum absolute atomic E-state index is 0.733. The molecule has 9 heavy (non-hydrogen) atoms. The summed E-state index contributed by atoms with van der Waals surface area (Å²) in [5, 5.41) is 6.87. The first-order chi connectivity index (χ1) is 4.43. The van der Waals surface area contributed by atoms with Gasteiger partial charge in [-0.2, -0.15) is 0 Å². The second kappa shape index (κ2) is 3.62. The van der Waals surface area contributed by atoms with Crippen molar-refractivity contribution >= 4 is 6.21 Å². The molecule has 1 heterocycles. The van der Waals surface area contributed by atoms with Crippen molar-refractivity contribution in [2.75, 3.05) is 13.2 Å². The third kappa shape index (κ3) is 2.14. The highest BCUT2D eigenvalue weighted by Crippen LogP contribution is 2.16. The quantitative estimate of drug-likeness (QED) is 0.559. The van der Waals surface area contributed by atoms with Crippen molar-refractivity contribution in [1.29, 1.82) is 5.41 Å². The predicted octanol–water partition coefficient (Wildman–Crippen LogP) is 1.45. The second-order valence-corrected chi connectivity index (χ2v) is 2.50. The van der Waals surface area contributed by atoms with E-state index in [1.807, 2.05) is 0 Å². The molecule has 0 aromatic carbocycles. The molecule has 0 bridgehead atoms. The van der Waals surface area contributed by atoms with Crippen molar-refractivity contribution in [1.82, 2.24) is 0 Å². The molecular formula is C7H13NO. The zero-order valence-corrected chi connectivity index (χ0v) is 5.60. The summed E-state index contributed by atoms with van der Waals surface area (Å²) < 4.78 is 5.17. The van der Waals surface area contributed by atoms with E-state index < -0.39 is 0 Å². The van der Waals surface area contributed by atoms with Gasteiger partial charge in [-0.15, -0.1) is 0 Å². The monoisotopic (exact) mass is 127 g/mol. The Hall–Kier alpha value is -0.370. The molecule has 0 unspecified atom stereocenters. The van der Waals surface area contributed by atoms with Gasteiger partial charge in [-0.3, -0.25) is 0 Å². The number of ether oxygens (including phenoxy) is 1. The minimum atomic E-state index is 0.733. The Kier molecular flexibility index (Phi) is 2.71. The molecule has 0 aliphatic carbocycles. The zero-order valence-electron chi connectivity index (χ0n) is 5.60. The van der Waals surface area contributed by atoms with Gasteiger partial charge in [0.05, 0.1) is 0 Å². The molecule has 0 amide bonds. The molecule has 1 rings (SSSR count). The van der Waals surface area contributed by atoms with Crippen LogP contribution in [0.15, 0.2) is 0 Å². The number of rotatable bonds is 2. The van der Waals surface area contributed by atoms with Gasteiger partial charge in [0.1, 0.15) is 0 Å². The van der Waals surface area contributed by atoms with Crippen LogP contribution in [0.25, 0.3) is 0 Å². The summed E-state index contributed by atoms with van der Waals surface area (Å²) in [6.45, 7) is 1.80. The lowest BCUT2D eigenvalue weighted by Gasteiger charge is -2.19. The molecule has 1 saturated heterocycles. The lowest BCUT2D eigenvalue weighted by molar-refractivity contribution is 0.0687. The SMILES string of the molecule is N=CCC1CCOCC1. The fourth-order valence-corrected chi connectivity index (χ4v) is 1.15. The fourth-order valence-electron chi connectivity index (χ4n) is 1.15. The Labute approximate surface area is 55.7 Å². The van der Waals surface area contributed by atoms with E-state index in [2.05, 4.69) is 0 Å². The standard InChI is InChI=1S/C7H13NO/c8-4-1-7-2-5-9-6-3-7/h4,7-8H,1-3,5-6H2. The van der Waals surface area contributed by atoms with Crippen molar-refractivity contribution in [3.63, 3.8) is 0 Å². The molecule has 1 N–H and O–H groups in total. The molecule has 2 nitrogen and oxygen atoms in total. The molecule has 0 radical (unpaired) electrons. The summed E-state index contributed by atoms with van der Waals surface area (Å²) >= 11 is 0. The lowest BCUT2D eigenvalue weighted by atomic mass is 9.97. The first-order valence-corrected chi connectivity index (χ1v) is 3.50. The normalized spacial score (nSPS) is 21.8. The zero-order chi connectivity index (χ0) is 6.53. The van der Waals surface area contributed by atoms with Crippen molar-refractivity contribution in [3.05, 3.63) is 0 Å². The minimum Gasteiger partial charge on any atom is -0.381 e. The van der Waals surface area contributed by atoms with Crippen LogP contribution in [-0.2, 0) is 4.74 Å². The summed E-state index contributed by atoms with van der Waals surface area (Å²) in [4.78, 5) is 0. The van der Waals surface area contributed by atoms with Crippen LogP contribution in [0.2, 0.25) is 0 Å². The van der Waals surface area contributed by atoms with E-state index in [1.165, 1.54) is 6.21 Å². The largest absolute Gasteiger partial charge is 0.381 e. The number of hydrogen-bond donors (Lipinski definition) is 1. The van der Waals surface area contributed by atoms with Crippen LogP contribution in [-0.4, -0.2) is 19.4 Å². The Morgan fingerprint density at radius 1 is 1.44 bits per heavy atom. The maximum atomic E-state index is 6.87. The van der Waals surface area contributed by atoms with Crippen LogP contribution in [0.3, 0.4) is 0 Å². The number of hydrogen-bond acceptors (Lipinski definition) is 2. The second-order valence-electron chi connectivity index (χ2n) is 2.50. The predicted molar refractivity (Wildman–Crippen MR) is 36.9 cm³/mol. The topological polar surface area (TPSA) is 33.1 Å². The Morgan fingerprint density at radius 2 is 2.11 bits per heavy atom. The van der Waals surface area contributed by atoms with Gasteiger partial charge in [0, 0.05) is 13.2 Å². The average molecular weight is 127 g/mol. The van der Waals surface area contributed by atoms with Crippen molar-refractivity contribution in [2.45, 2.75) is 19.3 Å². The average Bonchev–Trinajstić information content (AvgIpc) is 1.91. The molecule has 0 saturated carbocycles. The van der Waals surface area contributed by atoms with Crippen molar-refractivity contribution in [3.8, 4) is 0 Å². The first-order valence-electron chi connectivity index (χ1n) is 3.50. The van der Waals surface area contributed by atoms with Gasteiger partial charge >= 0.3 is 0 Å². The summed E-state index contributed by atoms with van der Waals surface area (Å²) in [5.41, 5.74) is 0. The molecule has 0 atom stereocenters. The maximum Gasteiger partial charge on any atom is 0.0468 e. The summed E-state index contributed by atoms with van der Waals surface area (Å²) in [6, 6.07) is 0. The lowest BCUT2D eigenvalue weighted by Crippen LogP contribution is -2.15. The summed E-state index contributed by atoms with van der Waals surface area (Å²) in [7, 11) is 0. The van der Waals surface area contributed by atoms with Gasteiger partial charge < -0.3 is 10.1 Å². The van der Waals surface area contributed by atoms with Crippen LogP contribution >= 0.6 is 0 Å². The van der Waals surface area contributed by atoms with E-state index in [0.29, 0.717) is 0 Å². The van der Waals surface area contributed by atoms with E-state index in [1.54, 1.807) is 0 Å². The van der Waals surface area contributed by atoms with Gasteiger partial charge in [-0.05, 0) is 31.4 Å². The third-order valence-corrected chi connectivity index (χ3v) is 1.79. The summed E-state index contributed by atoms with van der Waals surface area (Å²) in [5.74, 6) is 0.733. The van der Waals surface area contributed by atoms with Crippen LogP contribution in [0.1, 0.15) is 19.3 Å². The van der Waals surface area contributed by atoms with E-state index in [-0.39, 0.29) is 0 Å². The molecule has 0 aromatic rings. The molecule has 1 aliphatic heterocycles. The van der Waals surface area contributed by atoms with Gasteiger partial charge in [0.25, 0.3) is 0 Å². The van der Waals surface area contributed by atoms with Gasteiger partial charge in [-0.1, -0.05) is 0 Å². The Balaban J connectivity index is 2.15. The Bertz CT molecular complexity index is 86.9. The first kappa shape index (κ1) is 6.75.